The third-order valence-electron chi connectivity index (χ3n) is 3.32. The van der Waals surface area contributed by atoms with Gasteiger partial charge < -0.3 is 10.2 Å². The van der Waals surface area contributed by atoms with Crippen LogP contribution in [0.2, 0.25) is 5.02 Å². The van der Waals surface area contributed by atoms with Gasteiger partial charge in [-0.15, -0.1) is 0 Å². The van der Waals surface area contributed by atoms with E-state index < -0.39 is 0 Å². The maximum atomic E-state index is 13.0. The SMILES string of the molecule is CC(C)NCc1cc(Cl)ccc1N(C)c1ccc(F)cc1. The summed E-state index contributed by atoms with van der Waals surface area (Å²) >= 11 is 6.11. The molecule has 2 aromatic carbocycles. The van der Waals surface area contributed by atoms with Crippen LogP contribution in [0.1, 0.15) is 19.4 Å². The first-order chi connectivity index (χ1) is 9.97. The first-order valence-corrected chi connectivity index (χ1v) is 7.36. The van der Waals surface area contributed by atoms with Crippen molar-refractivity contribution < 1.29 is 4.39 Å². The first kappa shape index (κ1) is 15.8. The zero-order valence-electron chi connectivity index (χ0n) is 12.5. The van der Waals surface area contributed by atoms with Gasteiger partial charge in [0.2, 0.25) is 0 Å². The lowest BCUT2D eigenvalue weighted by molar-refractivity contribution is 0.589. The smallest absolute Gasteiger partial charge is 0.123 e. The summed E-state index contributed by atoms with van der Waals surface area (Å²) in [7, 11) is 1.97. The summed E-state index contributed by atoms with van der Waals surface area (Å²) in [5.74, 6) is -0.232. The van der Waals surface area contributed by atoms with Crippen LogP contribution in [0.3, 0.4) is 0 Å². The van der Waals surface area contributed by atoms with E-state index in [0.717, 1.165) is 23.5 Å². The Morgan fingerprint density at radius 2 is 1.81 bits per heavy atom. The summed E-state index contributed by atoms with van der Waals surface area (Å²) in [5, 5.41) is 4.11. The predicted octanol–water partition coefficient (Wildman–Crippen LogP) is 4.75. The van der Waals surface area contributed by atoms with Crippen molar-refractivity contribution in [3.8, 4) is 0 Å². The number of halogens is 2. The van der Waals surface area contributed by atoms with E-state index in [4.69, 9.17) is 11.6 Å². The second-order valence-electron chi connectivity index (χ2n) is 5.34. The number of hydrogen-bond donors (Lipinski definition) is 1. The molecule has 0 heterocycles. The van der Waals surface area contributed by atoms with Crippen molar-refractivity contribution in [1.82, 2.24) is 5.32 Å². The molecular formula is C17H20ClFN2. The third-order valence-corrected chi connectivity index (χ3v) is 3.55. The van der Waals surface area contributed by atoms with Gasteiger partial charge in [0.15, 0.2) is 0 Å². The zero-order valence-corrected chi connectivity index (χ0v) is 13.3. The molecule has 1 N–H and O–H groups in total. The van der Waals surface area contributed by atoms with Gasteiger partial charge in [-0.1, -0.05) is 25.4 Å². The lowest BCUT2D eigenvalue weighted by atomic mass is 10.1. The largest absolute Gasteiger partial charge is 0.344 e. The van der Waals surface area contributed by atoms with Crippen LogP contribution < -0.4 is 10.2 Å². The van der Waals surface area contributed by atoms with Crippen molar-refractivity contribution in [2.75, 3.05) is 11.9 Å². The zero-order chi connectivity index (χ0) is 15.4. The molecule has 0 saturated heterocycles. The lowest BCUT2D eigenvalue weighted by Gasteiger charge is -2.23. The van der Waals surface area contributed by atoms with E-state index in [0.29, 0.717) is 11.1 Å². The number of anilines is 2. The Morgan fingerprint density at radius 1 is 1.14 bits per heavy atom. The third kappa shape index (κ3) is 4.19. The van der Waals surface area contributed by atoms with Crippen LogP contribution in [0.5, 0.6) is 0 Å². The number of rotatable bonds is 5. The molecule has 112 valence electrons. The fraction of sp³-hybridized carbons (Fsp3) is 0.294. The highest BCUT2D eigenvalue weighted by molar-refractivity contribution is 6.30. The molecule has 0 aliphatic rings. The van der Waals surface area contributed by atoms with Gasteiger partial charge in [0.05, 0.1) is 0 Å². The Kier molecular flexibility index (Phi) is 5.21. The number of hydrogen-bond acceptors (Lipinski definition) is 2. The summed E-state index contributed by atoms with van der Waals surface area (Å²) in [6, 6.07) is 12.7. The Balaban J connectivity index is 2.30. The average Bonchev–Trinajstić information content (AvgIpc) is 2.45. The van der Waals surface area contributed by atoms with Crippen LogP contribution in [-0.2, 0) is 6.54 Å². The quantitative estimate of drug-likeness (QED) is 0.858. The van der Waals surface area contributed by atoms with Gasteiger partial charge in [-0.3, -0.25) is 0 Å². The molecule has 0 aromatic heterocycles. The van der Waals surface area contributed by atoms with Crippen molar-refractivity contribution in [1.29, 1.82) is 0 Å². The fourth-order valence-corrected chi connectivity index (χ4v) is 2.34. The van der Waals surface area contributed by atoms with E-state index in [1.807, 2.05) is 30.1 Å². The van der Waals surface area contributed by atoms with Crippen LogP contribution in [0.25, 0.3) is 0 Å². The van der Waals surface area contributed by atoms with Gasteiger partial charge in [0.25, 0.3) is 0 Å². The molecule has 0 aliphatic heterocycles. The van der Waals surface area contributed by atoms with Gasteiger partial charge in [-0.25, -0.2) is 4.39 Å². The Labute approximate surface area is 130 Å². The standard InChI is InChI=1S/C17H20ClFN2/c1-12(2)20-11-13-10-14(18)4-9-17(13)21(3)16-7-5-15(19)6-8-16/h4-10,12,20H,11H2,1-3H3. The summed E-state index contributed by atoms with van der Waals surface area (Å²) in [4.78, 5) is 2.03. The van der Waals surface area contributed by atoms with Crippen LogP contribution in [0.4, 0.5) is 15.8 Å². The second-order valence-corrected chi connectivity index (χ2v) is 5.78. The topological polar surface area (TPSA) is 15.3 Å². The minimum Gasteiger partial charge on any atom is -0.344 e. The molecule has 0 bridgehead atoms. The van der Waals surface area contributed by atoms with Gasteiger partial charge in [-0.2, -0.15) is 0 Å². The normalized spacial score (nSPS) is 11.0. The van der Waals surface area contributed by atoms with E-state index in [1.165, 1.54) is 12.1 Å². The minimum absolute atomic E-state index is 0.232. The van der Waals surface area contributed by atoms with E-state index >= 15 is 0 Å². The highest BCUT2D eigenvalue weighted by Crippen LogP contribution is 2.29. The molecule has 0 spiro atoms. The lowest BCUT2D eigenvalue weighted by Crippen LogP contribution is -2.23. The number of nitrogens with one attached hydrogen (secondary N) is 1. The van der Waals surface area contributed by atoms with Crippen molar-refractivity contribution in [3.63, 3.8) is 0 Å². The van der Waals surface area contributed by atoms with Crippen LogP contribution in [0.15, 0.2) is 42.5 Å². The predicted molar refractivity (Wildman–Crippen MR) is 87.9 cm³/mol. The maximum Gasteiger partial charge on any atom is 0.123 e. The molecule has 0 aliphatic carbocycles. The summed E-state index contributed by atoms with van der Waals surface area (Å²) in [6.07, 6.45) is 0. The Morgan fingerprint density at radius 3 is 2.43 bits per heavy atom. The average molecular weight is 307 g/mol. The van der Waals surface area contributed by atoms with Crippen molar-refractivity contribution in [3.05, 3.63) is 58.9 Å². The molecule has 4 heteroatoms. The monoisotopic (exact) mass is 306 g/mol. The summed E-state index contributed by atoms with van der Waals surface area (Å²) in [5.41, 5.74) is 3.10. The summed E-state index contributed by atoms with van der Waals surface area (Å²) in [6.45, 7) is 4.95. The first-order valence-electron chi connectivity index (χ1n) is 6.98. The van der Waals surface area contributed by atoms with Crippen molar-refractivity contribution >= 4 is 23.0 Å². The van der Waals surface area contributed by atoms with Crippen molar-refractivity contribution in [2.45, 2.75) is 26.4 Å². The molecule has 0 amide bonds. The van der Waals surface area contributed by atoms with E-state index in [2.05, 4.69) is 19.2 Å². The van der Waals surface area contributed by atoms with Crippen LogP contribution >= 0.6 is 11.6 Å². The molecule has 2 aromatic rings. The van der Waals surface area contributed by atoms with E-state index in [1.54, 1.807) is 12.1 Å². The molecule has 2 nitrogen and oxygen atoms in total. The van der Waals surface area contributed by atoms with E-state index in [9.17, 15) is 4.39 Å². The highest BCUT2D eigenvalue weighted by Gasteiger charge is 2.10. The van der Waals surface area contributed by atoms with Crippen LogP contribution in [0, 0.1) is 5.82 Å². The second kappa shape index (κ2) is 6.92. The Bertz CT molecular complexity index is 596. The Hall–Kier alpha value is -1.58. The molecule has 2 rings (SSSR count). The van der Waals surface area contributed by atoms with E-state index in [-0.39, 0.29) is 5.82 Å². The number of nitrogens with zero attached hydrogens (tertiary/aromatic N) is 1. The van der Waals surface area contributed by atoms with Gasteiger partial charge in [0.1, 0.15) is 5.82 Å². The molecule has 21 heavy (non-hydrogen) atoms. The van der Waals surface area contributed by atoms with Crippen molar-refractivity contribution in [2.24, 2.45) is 0 Å². The fourth-order valence-electron chi connectivity index (χ4n) is 2.14. The highest BCUT2D eigenvalue weighted by atomic mass is 35.5. The molecular weight excluding hydrogens is 287 g/mol. The minimum atomic E-state index is -0.232. The van der Waals surface area contributed by atoms with Crippen LogP contribution in [-0.4, -0.2) is 13.1 Å². The number of benzene rings is 2. The van der Waals surface area contributed by atoms with Gasteiger partial charge in [-0.05, 0) is 48.0 Å². The molecule has 0 fully saturated rings. The summed E-state index contributed by atoms with van der Waals surface area (Å²) < 4.78 is 13.0. The molecule has 0 radical (unpaired) electrons. The van der Waals surface area contributed by atoms with Gasteiger partial charge in [0, 0.05) is 36.0 Å². The van der Waals surface area contributed by atoms with Gasteiger partial charge >= 0.3 is 0 Å². The molecule has 0 unspecified atom stereocenters. The molecule has 0 atom stereocenters. The maximum absolute atomic E-state index is 13.0. The molecule has 0 saturated carbocycles.